The average Bonchev–Trinajstić information content (AvgIpc) is 2.74. The van der Waals surface area contributed by atoms with Crippen LogP contribution in [0.25, 0.3) is 0 Å². The molecule has 0 bridgehead atoms. The van der Waals surface area contributed by atoms with E-state index in [0.29, 0.717) is 19.6 Å². The van der Waals surface area contributed by atoms with Gasteiger partial charge in [0.15, 0.2) is 0 Å². The zero-order valence-corrected chi connectivity index (χ0v) is 23.5. The Bertz CT molecular complexity index is 968. The molecular formula is C25H34Br2N4O3. The second kappa shape index (κ2) is 12.6. The Morgan fingerprint density at radius 2 is 1.62 bits per heavy atom. The van der Waals surface area contributed by atoms with Crippen LogP contribution in [0, 0.1) is 13.8 Å². The minimum Gasteiger partial charge on any atom is -0.465 e. The van der Waals surface area contributed by atoms with Gasteiger partial charge in [-0.3, -0.25) is 4.79 Å². The van der Waals surface area contributed by atoms with Gasteiger partial charge in [0.2, 0.25) is 5.91 Å². The Labute approximate surface area is 218 Å². The first-order chi connectivity index (χ1) is 15.9. The van der Waals surface area contributed by atoms with Crippen molar-refractivity contribution < 1.29 is 14.7 Å². The SMILES string of the molecule is Cc1cccc(Br)c1NC(=O)CC1CN(C(=O)O)CCN1.Cc1cccc(Br)c1NC(C)(C)C. The number of nitrogens with one attached hydrogen (secondary N) is 3. The summed E-state index contributed by atoms with van der Waals surface area (Å²) in [5.74, 6) is -0.130. The van der Waals surface area contributed by atoms with Crippen molar-refractivity contribution in [2.24, 2.45) is 0 Å². The number of carboxylic acid groups (broad SMARTS) is 1. The highest BCUT2D eigenvalue weighted by Gasteiger charge is 2.24. The van der Waals surface area contributed by atoms with E-state index in [2.05, 4.69) is 87.6 Å². The maximum atomic E-state index is 12.1. The first-order valence-corrected chi connectivity index (χ1v) is 12.8. The highest BCUT2D eigenvalue weighted by Crippen LogP contribution is 2.28. The summed E-state index contributed by atoms with van der Waals surface area (Å²) in [6.07, 6.45) is -0.701. The van der Waals surface area contributed by atoms with Crippen LogP contribution in [0.1, 0.15) is 38.3 Å². The lowest BCUT2D eigenvalue weighted by atomic mass is 10.1. The van der Waals surface area contributed by atoms with Crippen LogP contribution in [-0.2, 0) is 4.79 Å². The monoisotopic (exact) mass is 596 g/mol. The lowest BCUT2D eigenvalue weighted by molar-refractivity contribution is -0.116. The zero-order valence-electron chi connectivity index (χ0n) is 20.3. The number of nitrogens with zero attached hydrogens (tertiary/aromatic N) is 1. The van der Waals surface area contributed by atoms with Gasteiger partial charge in [0.05, 0.1) is 11.4 Å². The lowest BCUT2D eigenvalue weighted by Gasteiger charge is -2.31. The summed E-state index contributed by atoms with van der Waals surface area (Å²) in [6, 6.07) is 11.8. The Kier molecular flexibility index (Phi) is 10.4. The molecule has 1 atom stereocenters. The Balaban J connectivity index is 0.000000270. The Morgan fingerprint density at radius 3 is 2.12 bits per heavy atom. The molecule has 1 heterocycles. The van der Waals surface area contributed by atoms with E-state index in [9.17, 15) is 9.59 Å². The number of anilines is 2. The fraction of sp³-hybridized carbons (Fsp3) is 0.440. The molecule has 0 spiro atoms. The molecule has 0 aromatic heterocycles. The van der Waals surface area contributed by atoms with Crippen molar-refractivity contribution in [3.05, 3.63) is 56.5 Å². The van der Waals surface area contributed by atoms with Crippen molar-refractivity contribution in [2.45, 2.75) is 52.6 Å². The van der Waals surface area contributed by atoms with E-state index in [1.165, 1.54) is 16.2 Å². The first-order valence-electron chi connectivity index (χ1n) is 11.2. The van der Waals surface area contributed by atoms with E-state index in [1.807, 2.05) is 31.2 Å². The summed E-state index contributed by atoms with van der Waals surface area (Å²) in [5, 5.41) is 18.5. The van der Waals surface area contributed by atoms with E-state index >= 15 is 0 Å². The van der Waals surface area contributed by atoms with Crippen molar-refractivity contribution in [1.82, 2.24) is 10.2 Å². The van der Waals surface area contributed by atoms with Gasteiger partial charge in [-0.05, 0) is 89.7 Å². The summed E-state index contributed by atoms with van der Waals surface area (Å²) >= 11 is 6.95. The lowest BCUT2D eigenvalue weighted by Crippen LogP contribution is -2.53. The normalized spacial score (nSPS) is 15.7. The van der Waals surface area contributed by atoms with Gasteiger partial charge < -0.3 is 26.0 Å². The molecule has 1 unspecified atom stereocenters. The molecule has 1 aliphatic rings. The fourth-order valence-corrected chi connectivity index (χ4v) is 4.63. The maximum absolute atomic E-state index is 12.1. The van der Waals surface area contributed by atoms with Crippen molar-refractivity contribution in [3.63, 3.8) is 0 Å². The number of carbonyl (C=O) groups excluding carboxylic acids is 1. The summed E-state index contributed by atoms with van der Waals surface area (Å²) < 4.78 is 1.96. The van der Waals surface area contributed by atoms with Gasteiger partial charge in [-0.25, -0.2) is 4.79 Å². The van der Waals surface area contributed by atoms with Crippen molar-refractivity contribution in [3.8, 4) is 0 Å². The Morgan fingerprint density at radius 1 is 1.06 bits per heavy atom. The van der Waals surface area contributed by atoms with Crippen molar-refractivity contribution in [1.29, 1.82) is 0 Å². The predicted molar refractivity (Wildman–Crippen MR) is 146 cm³/mol. The smallest absolute Gasteiger partial charge is 0.407 e. The highest BCUT2D eigenvalue weighted by molar-refractivity contribution is 9.11. The number of hydrogen-bond donors (Lipinski definition) is 4. The largest absolute Gasteiger partial charge is 0.465 e. The van der Waals surface area contributed by atoms with Crippen LogP contribution >= 0.6 is 31.9 Å². The summed E-state index contributed by atoms with van der Waals surface area (Å²) in [4.78, 5) is 24.4. The molecule has 9 heteroatoms. The van der Waals surface area contributed by atoms with Gasteiger partial charge in [0, 0.05) is 46.6 Å². The van der Waals surface area contributed by atoms with Crippen molar-refractivity contribution in [2.75, 3.05) is 30.3 Å². The van der Waals surface area contributed by atoms with Gasteiger partial charge in [-0.15, -0.1) is 0 Å². The van der Waals surface area contributed by atoms with Crippen LogP contribution in [0.2, 0.25) is 0 Å². The van der Waals surface area contributed by atoms with Gasteiger partial charge in [0.1, 0.15) is 0 Å². The van der Waals surface area contributed by atoms with E-state index < -0.39 is 6.09 Å². The molecule has 0 saturated carbocycles. The topological polar surface area (TPSA) is 93.7 Å². The molecule has 3 rings (SSSR count). The number of halogens is 2. The minimum atomic E-state index is -0.941. The summed E-state index contributed by atoms with van der Waals surface area (Å²) in [7, 11) is 0. The number of amides is 2. The van der Waals surface area contributed by atoms with E-state index in [0.717, 1.165) is 20.2 Å². The van der Waals surface area contributed by atoms with Crippen LogP contribution in [-0.4, -0.2) is 53.2 Å². The molecule has 186 valence electrons. The van der Waals surface area contributed by atoms with E-state index in [4.69, 9.17) is 5.11 Å². The highest BCUT2D eigenvalue weighted by atomic mass is 79.9. The first kappa shape index (κ1) is 28.1. The maximum Gasteiger partial charge on any atom is 0.407 e. The number of hydrogen-bond acceptors (Lipinski definition) is 4. The zero-order chi connectivity index (χ0) is 25.5. The quantitative estimate of drug-likeness (QED) is 0.346. The van der Waals surface area contributed by atoms with Crippen LogP contribution < -0.4 is 16.0 Å². The van der Waals surface area contributed by atoms with Crippen LogP contribution in [0.5, 0.6) is 0 Å². The van der Waals surface area contributed by atoms with Gasteiger partial charge in [-0.1, -0.05) is 24.3 Å². The Hall–Kier alpha value is -2.10. The number of aryl methyl sites for hydroxylation is 2. The molecule has 1 fully saturated rings. The fourth-order valence-electron chi connectivity index (χ4n) is 3.51. The molecule has 0 radical (unpaired) electrons. The summed E-state index contributed by atoms with van der Waals surface area (Å²) in [6.45, 7) is 11.9. The molecule has 1 aliphatic heterocycles. The number of piperazine rings is 1. The molecule has 2 aromatic carbocycles. The van der Waals surface area contributed by atoms with Gasteiger partial charge in [0.25, 0.3) is 0 Å². The second-order valence-corrected chi connectivity index (χ2v) is 11.1. The molecule has 1 saturated heterocycles. The van der Waals surface area contributed by atoms with Gasteiger partial charge in [-0.2, -0.15) is 0 Å². The molecule has 4 N–H and O–H groups in total. The molecule has 2 amide bonds. The van der Waals surface area contributed by atoms with Crippen LogP contribution in [0.4, 0.5) is 16.2 Å². The third-order valence-corrected chi connectivity index (χ3v) is 6.49. The minimum absolute atomic E-state index is 0.106. The third-order valence-electron chi connectivity index (χ3n) is 5.17. The molecule has 34 heavy (non-hydrogen) atoms. The molecule has 7 nitrogen and oxygen atoms in total. The second-order valence-electron chi connectivity index (χ2n) is 9.37. The van der Waals surface area contributed by atoms with E-state index in [-0.39, 0.29) is 23.9 Å². The number of benzene rings is 2. The van der Waals surface area contributed by atoms with Gasteiger partial charge >= 0.3 is 6.09 Å². The number of rotatable bonds is 4. The predicted octanol–water partition coefficient (Wildman–Crippen LogP) is 6.01. The molecule has 2 aromatic rings. The van der Waals surface area contributed by atoms with E-state index in [1.54, 1.807) is 0 Å². The van der Waals surface area contributed by atoms with Crippen LogP contribution in [0.3, 0.4) is 0 Å². The number of para-hydroxylation sites is 2. The third kappa shape index (κ3) is 8.92. The summed E-state index contributed by atoms with van der Waals surface area (Å²) in [5.41, 5.74) is 4.29. The molecule has 0 aliphatic carbocycles. The standard InChI is InChI=1S/C14H18BrN3O3.C11H16BrN/c1-9-3-2-4-11(15)13(9)17-12(19)7-10-8-18(14(20)21)6-5-16-10;1-8-6-5-7-9(12)10(8)13-11(2,3)4/h2-4,10,16H,5-8H2,1H3,(H,17,19)(H,20,21);5-7,13H,1-4H3. The molecular weight excluding hydrogens is 564 g/mol. The van der Waals surface area contributed by atoms with Crippen molar-refractivity contribution >= 4 is 55.2 Å². The van der Waals surface area contributed by atoms with Crippen LogP contribution in [0.15, 0.2) is 45.3 Å². The average molecular weight is 598 g/mol. The number of carbonyl (C=O) groups is 2.